The molecule has 0 radical (unpaired) electrons. The van der Waals surface area contributed by atoms with Crippen molar-refractivity contribution in [3.63, 3.8) is 0 Å². The van der Waals surface area contributed by atoms with Crippen LogP contribution in [0.15, 0.2) is 24.3 Å². The van der Waals surface area contributed by atoms with Gasteiger partial charge in [0.05, 0.1) is 17.6 Å². The molecule has 1 aliphatic carbocycles. The Morgan fingerprint density at radius 2 is 2.00 bits per heavy atom. The van der Waals surface area contributed by atoms with E-state index in [4.69, 9.17) is 0 Å². The first-order chi connectivity index (χ1) is 10.4. The van der Waals surface area contributed by atoms with E-state index in [1.54, 1.807) is 0 Å². The number of hydrogen-bond acceptors (Lipinski definition) is 2. The molecule has 2 N–H and O–H groups in total. The Kier molecular flexibility index (Phi) is 3.81. The predicted molar refractivity (Wildman–Crippen MR) is 87.7 cm³/mol. The number of hydrogen-bond donors (Lipinski definition) is 2. The van der Waals surface area contributed by atoms with Gasteiger partial charge in [-0.15, -0.1) is 0 Å². The number of rotatable bonds is 4. The first-order valence-corrected chi connectivity index (χ1v) is 7.91. The highest BCUT2D eigenvalue weighted by molar-refractivity contribution is 5.77. The van der Waals surface area contributed by atoms with Crippen LogP contribution < -0.4 is 10.6 Å². The third kappa shape index (κ3) is 3.40. The molecule has 2 aromatic rings. The van der Waals surface area contributed by atoms with Crippen molar-refractivity contribution >= 4 is 17.1 Å². The van der Waals surface area contributed by atoms with Gasteiger partial charge in [0, 0.05) is 12.6 Å². The predicted octanol–water partition coefficient (Wildman–Crippen LogP) is 3.22. The second-order valence-corrected chi connectivity index (χ2v) is 7.21. The average Bonchev–Trinajstić information content (AvgIpc) is 3.22. The molecule has 1 heterocycles. The standard InChI is InChI=1S/C17H24N4O/c1-17(2,3)11-19-16(22)18-10-15-20-13-6-4-5-7-14(13)21(15)12-8-9-12/h4-7,12H,8-11H2,1-3H3,(H2,18,19,22). The van der Waals surface area contributed by atoms with E-state index >= 15 is 0 Å². The maximum atomic E-state index is 11.9. The van der Waals surface area contributed by atoms with Gasteiger partial charge >= 0.3 is 6.03 Å². The maximum absolute atomic E-state index is 11.9. The summed E-state index contributed by atoms with van der Waals surface area (Å²) in [6.07, 6.45) is 2.40. The summed E-state index contributed by atoms with van der Waals surface area (Å²) in [5, 5.41) is 5.83. The van der Waals surface area contributed by atoms with Gasteiger partial charge in [-0.2, -0.15) is 0 Å². The number of aromatic nitrogens is 2. The van der Waals surface area contributed by atoms with Crippen LogP contribution in [0.1, 0.15) is 45.5 Å². The van der Waals surface area contributed by atoms with Gasteiger partial charge in [0.25, 0.3) is 0 Å². The molecular formula is C17H24N4O. The van der Waals surface area contributed by atoms with Crippen LogP contribution in [0.5, 0.6) is 0 Å². The van der Waals surface area contributed by atoms with Gasteiger partial charge < -0.3 is 15.2 Å². The fraction of sp³-hybridized carbons (Fsp3) is 0.529. The summed E-state index contributed by atoms with van der Waals surface area (Å²) in [5.74, 6) is 0.939. The minimum Gasteiger partial charge on any atom is -0.338 e. The molecule has 5 nitrogen and oxygen atoms in total. The Morgan fingerprint density at radius 1 is 1.27 bits per heavy atom. The lowest BCUT2D eigenvalue weighted by molar-refractivity contribution is 0.235. The lowest BCUT2D eigenvalue weighted by Gasteiger charge is -2.19. The number of nitrogens with one attached hydrogen (secondary N) is 2. The van der Waals surface area contributed by atoms with Crippen molar-refractivity contribution in [3.8, 4) is 0 Å². The van der Waals surface area contributed by atoms with Crippen LogP contribution in [0.3, 0.4) is 0 Å². The Morgan fingerprint density at radius 3 is 2.68 bits per heavy atom. The number of para-hydroxylation sites is 2. The maximum Gasteiger partial charge on any atom is 0.315 e. The van der Waals surface area contributed by atoms with E-state index in [1.807, 2.05) is 18.2 Å². The highest BCUT2D eigenvalue weighted by Crippen LogP contribution is 2.38. The van der Waals surface area contributed by atoms with Gasteiger partial charge in [-0.25, -0.2) is 9.78 Å². The Bertz CT molecular complexity index is 680. The molecule has 22 heavy (non-hydrogen) atoms. The van der Waals surface area contributed by atoms with Crippen molar-refractivity contribution in [1.29, 1.82) is 0 Å². The minimum absolute atomic E-state index is 0.0818. The van der Waals surface area contributed by atoms with Gasteiger partial charge in [-0.05, 0) is 30.4 Å². The quantitative estimate of drug-likeness (QED) is 0.911. The van der Waals surface area contributed by atoms with Crippen molar-refractivity contribution < 1.29 is 4.79 Å². The smallest absolute Gasteiger partial charge is 0.315 e. The molecule has 3 rings (SSSR count). The van der Waals surface area contributed by atoms with Gasteiger partial charge in [0.15, 0.2) is 0 Å². The summed E-state index contributed by atoms with van der Waals surface area (Å²) in [5.41, 5.74) is 2.25. The summed E-state index contributed by atoms with van der Waals surface area (Å²) >= 11 is 0. The summed E-state index contributed by atoms with van der Waals surface area (Å²) in [7, 11) is 0. The van der Waals surface area contributed by atoms with Crippen LogP contribution in [-0.2, 0) is 6.54 Å². The van der Waals surface area contributed by atoms with Crippen LogP contribution in [0.25, 0.3) is 11.0 Å². The van der Waals surface area contributed by atoms with Gasteiger partial charge in [0.2, 0.25) is 0 Å². The minimum atomic E-state index is -0.135. The first-order valence-electron chi connectivity index (χ1n) is 7.91. The van der Waals surface area contributed by atoms with Crippen molar-refractivity contribution in [2.45, 2.75) is 46.2 Å². The zero-order chi connectivity index (χ0) is 15.7. The van der Waals surface area contributed by atoms with Crippen LogP contribution >= 0.6 is 0 Å². The van der Waals surface area contributed by atoms with Crippen molar-refractivity contribution in [2.75, 3.05) is 6.54 Å². The SMILES string of the molecule is CC(C)(C)CNC(=O)NCc1nc2ccccc2n1C1CC1. The number of fused-ring (bicyclic) bond motifs is 1. The zero-order valence-electron chi connectivity index (χ0n) is 13.5. The van der Waals surface area contributed by atoms with E-state index in [1.165, 1.54) is 12.8 Å². The summed E-state index contributed by atoms with van der Waals surface area (Å²) in [4.78, 5) is 16.6. The lowest BCUT2D eigenvalue weighted by atomic mass is 9.97. The first kappa shape index (κ1) is 14.9. The van der Waals surface area contributed by atoms with E-state index in [-0.39, 0.29) is 11.4 Å². The van der Waals surface area contributed by atoms with E-state index in [2.05, 4.69) is 47.0 Å². The highest BCUT2D eigenvalue weighted by atomic mass is 16.2. The number of amides is 2. The molecule has 0 unspecified atom stereocenters. The Balaban J connectivity index is 1.69. The summed E-state index contributed by atoms with van der Waals surface area (Å²) in [6, 6.07) is 8.57. The molecule has 1 aromatic heterocycles. The van der Waals surface area contributed by atoms with Gasteiger partial charge in [-0.3, -0.25) is 0 Å². The average molecular weight is 300 g/mol. The third-order valence-corrected chi connectivity index (χ3v) is 3.77. The number of benzene rings is 1. The normalized spacial score (nSPS) is 15.0. The molecule has 5 heteroatoms. The molecule has 0 atom stereocenters. The number of nitrogens with zero attached hydrogens (tertiary/aromatic N) is 2. The second-order valence-electron chi connectivity index (χ2n) is 7.21. The fourth-order valence-corrected chi connectivity index (χ4v) is 2.53. The molecule has 1 fully saturated rings. The molecular weight excluding hydrogens is 276 g/mol. The molecule has 1 saturated carbocycles. The monoisotopic (exact) mass is 300 g/mol. The topological polar surface area (TPSA) is 59.0 Å². The fourth-order valence-electron chi connectivity index (χ4n) is 2.53. The van der Waals surface area contributed by atoms with Gasteiger partial charge in [-0.1, -0.05) is 32.9 Å². The number of urea groups is 1. The Hall–Kier alpha value is -2.04. The van der Waals surface area contributed by atoms with Crippen LogP contribution in [-0.4, -0.2) is 22.1 Å². The third-order valence-electron chi connectivity index (χ3n) is 3.77. The van der Waals surface area contributed by atoms with Crippen LogP contribution in [0.2, 0.25) is 0 Å². The lowest BCUT2D eigenvalue weighted by Crippen LogP contribution is -2.39. The van der Waals surface area contributed by atoms with Gasteiger partial charge in [0.1, 0.15) is 5.82 Å². The molecule has 1 aliphatic rings. The van der Waals surface area contributed by atoms with Crippen molar-refractivity contribution in [2.24, 2.45) is 5.41 Å². The summed E-state index contributed by atoms with van der Waals surface area (Å²) in [6.45, 7) is 7.40. The molecule has 0 saturated heterocycles. The van der Waals surface area contributed by atoms with E-state index in [0.717, 1.165) is 16.9 Å². The van der Waals surface area contributed by atoms with Crippen LogP contribution in [0.4, 0.5) is 4.79 Å². The zero-order valence-corrected chi connectivity index (χ0v) is 13.5. The second kappa shape index (κ2) is 5.63. The molecule has 1 aromatic carbocycles. The molecule has 0 aliphatic heterocycles. The largest absolute Gasteiger partial charge is 0.338 e. The number of carbonyl (C=O) groups excluding carboxylic acids is 1. The van der Waals surface area contributed by atoms with E-state index in [0.29, 0.717) is 19.1 Å². The highest BCUT2D eigenvalue weighted by Gasteiger charge is 2.28. The van der Waals surface area contributed by atoms with E-state index in [9.17, 15) is 4.79 Å². The Labute approximate surface area is 131 Å². The van der Waals surface area contributed by atoms with Crippen molar-refractivity contribution in [1.82, 2.24) is 20.2 Å². The number of imidazole rings is 1. The molecule has 0 bridgehead atoms. The molecule has 0 spiro atoms. The van der Waals surface area contributed by atoms with Crippen molar-refractivity contribution in [3.05, 3.63) is 30.1 Å². The number of carbonyl (C=O) groups is 1. The van der Waals surface area contributed by atoms with Crippen LogP contribution in [0, 0.1) is 5.41 Å². The van der Waals surface area contributed by atoms with E-state index < -0.39 is 0 Å². The summed E-state index contributed by atoms with van der Waals surface area (Å²) < 4.78 is 2.28. The molecule has 2 amide bonds. The molecule has 118 valence electrons.